The normalized spacial score (nSPS) is 13.7. The molecule has 7 rings (SSSR count). The molecule has 4 aromatic carbocycles. The zero-order valence-corrected chi connectivity index (χ0v) is 15.7. The van der Waals surface area contributed by atoms with Gasteiger partial charge >= 0.3 is 0 Å². The number of rotatable bonds is 0. The molecule has 3 heterocycles. The fourth-order valence-electron chi connectivity index (χ4n) is 5.31. The number of benzene rings is 4. The standard InChI is InChI=1S/C26H19N/c1-26(2,3)15-12-20-18-10-6-9-17-19-11-14-7-4-5-8-16(14)22-21(13-15)24(20)27(23(17)18)25(19)22/h4-13H,1-3H3. The van der Waals surface area contributed by atoms with Gasteiger partial charge in [0.25, 0.3) is 0 Å². The van der Waals surface area contributed by atoms with E-state index >= 15 is 0 Å². The number of aromatic nitrogens is 1. The van der Waals surface area contributed by atoms with E-state index < -0.39 is 0 Å². The van der Waals surface area contributed by atoms with Crippen molar-refractivity contribution in [3.8, 4) is 0 Å². The Hall–Kier alpha value is -3.06. The minimum absolute atomic E-state index is 0.126. The molecule has 27 heavy (non-hydrogen) atoms. The van der Waals surface area contributed by atoms with Crippen molar-refractivity contribution in [1.29, 1.82) is 0 Å². The summed E-state index contributed by atoms with van der Waals surface area (Å²) in [6.07, 6.45) is 0. The summed E-state index contributed by atoms with van der Waals surface area (Å²) in [6, 6.07) is 22.9. The van der Waals surface area contributed by atoms with E-state index in [1.54, 1.807) is 0 Å². The third-order valence-corrected chi connectivity index (χ3v) is 6.55. The van der Waals surface area contributed by atoms with Crippen LogP contribution < -0.4 is 0 Å². The molecule has 128 valence electrons. The molecule has 0 saturated carbocycles. The molecule has 0 fully saturated rings. The lowest BCUT2D eigenvalue weighted by molar-refractivity contribution is 0.592. The second kappa shape index (κ2) is 4.09. The predicted molar refractivity (Wildman–Crippen MR) is 117 cm³/mol. The van der Waals surface area contributed by atoms with Crippen LogP contribution in [-0.4, -0.2) is 4.40 Å². The maximum Gasteiger partial charge on any atom is 0.0627 e. The van der Waals surface area contributed by atoms with Gasteiger partial charge in [-0.25, -0.2) is 0 Å². The van der Waals surface area contributed by atoms with Crippen molar-refractivity contribution in [3.05, 3.63) is 66.2 Å². The van der Waals surface area contributed by atoms with Crippen LogP contribution in [0.25, 0.3) is 59.6 Å². The van der Waals surface area contributed by atoms with Gasteiger partial charge < -0.3 is 4.40 Å². The third-order valence-electron chi connectivity index (χ3n) is 6.55. The summed E-state index contributed by atoms with van der Waals surface area (Å²) < 4.78 is 2.54. The second-order valence-electron chi connectivity index (χ2n) is 9.08. The van der Waals surface area contributed by atoms with Gasteiger partial charge in [0.2, 0.25) is 0 Å². The van der Waals surface area contributed by atoms with Gasteiger partial charge in [-0.2, -0.15) is 0 Å². The summed E-state index contributed by atoms with van der Waals surface area (Å²) >= 11 is 0. The summed E-state index contributed by atoms with van der Waals surface area (Å²) in [7, 11) is 0. The van der Waals surface area contributed by atoms with E-state index in [-0.39, 0.29) is 5.41 Å². The Labute approximate surface area is 156 Å². The zero-order valence-electron chi connectivity index (χ0n) is 15.7. The van der Waals surface area contributed by atoms with E-state index in [2.05, 4.69) is 85.8 Å². The number of hydrogen-bond acceptors (Lipinski definition) is 0. The molecule has 0 unspecified atom stereocenters. The summed E-state index contributed by atoms with van der Waals surface area (Å²) in [4.78, 5) is 0. The number of nitrogens with zero attached hydrogens (tertiary/aromatic N) is 1. The molecule has 7 aromatic rings. The monoisotopic (exact) mass is 345 g/mol. The molecular weight excluding hydrogens is 326 g/mol. The van der Waals surface area contributed by atoms with E-state index in [0.717, 1.165) is 0 Å². The Morgan fingerprint density at radius 3 is 2.00 bits per heavy atom. The highest BCUT2D eigenvalue weighted by atomic mass is 14.9. The maximum atomic E-state index is 2.54. The minimum atomic E-state index is 0.126. The number of para-hydroxylation sites is 1. The molecule has 0 amide bonds. The topological polar surface area (TPSA) is 4.41 Å². The molecule has 1 heteroatoms. The molecule has 0 radical (unpaired) electrons. The molecule has 0 spiro atoms. The molecule has 0 saturated heterocycles. The molecular formula is C26H19N. The average Bonchev–Trinajstić information content (AvgIpc) is 3.28. The summed E-state index contributed by atoms with van der Waals surface area (Å²) in [6.45, 7) is 6.95. The van der Waals surface area contributed by atoms with Gasteiger partial charge in [-0.3, -0.25) is 0 Å². The van der Waals surface area contributed by atoms with E-state index in [1.807, 2.05) is 0 Å². The maximum absolute atomic E-state index is 2.54. The van der Waals surface area contributed by atoms with E-state index in [1.165, 1.54) is 65.2 Å². The molecule has 0 aliphatic rings. The van der Waals surface area contributed by atoms with Gasteiger partial charge in [0.1, 0.15) is 0 Å². The van der Waals surface area contributed by atoms with Crippen LogP contribution in [0.5, 0.6) is 0 Å². The van der Waals surface area contributed by atoms with Crippen LogP contribution in [0.2, 0.25) is 0 Å². The summed E-state index contributed by atoms with van der Waals surface area (Å²) in [5.41, 5.74) is 5.73. The lowest BCUT2D eigenvalue weighted by Crippen LogP contribution is -2.10. The van der Waals surface area contributed by atoms with Crippen LogP contribution in [0.15, 0.2) is 60.7 Å². The van der Waals surface area contributed by atoms with Crippen LogP contribution in [0.4, 0.5) is 0 Å². The van der Waals surface area contributed by atoms with Crippen LogP contribution in [-0.2, 0) is 5.41 Å². The van der Waals surface area contributed by atoms with Crippen LogP contribution >= 0.6 is 0 Å². The van der Waals surface area contributed by atoms with Crippen molar-refractivity contribution >= 4 is 59.6 Å². The van der Waals surface area contributed by atoms with Crippen molar-refractivity contribution in [2.75, 3.05) is 0 Å². The van der Waals surface area contributed by atoms with Crippen LogP contribution in [0, 0.1) is 0 Å². The average molecular weight is 345 g/mol. The van der Waals surface area contributed by atoms with Crippen molar-refractivity contribution in [1.82, 2.24) is 4.40 Å². The molecule has 0 N–H and O–H groups in total. The SMILES string of the molecule is CC(C)(C)c1cc2c3cccc4c5cc6ccccc6c6c(c1)c2n(c34)c56. The first-order valence-electron chi connectivity index (χ1n) is 9.72. The highest BCUT2D eigenvalue weighted by Crippen LogP contribution is 2.49. The Morgan fingerprint density at radius 1 is 0.593 bits per heavy atom. The van der Waals surface area contributed by atoms with Gasteiger partial charge in [-0.1, -0.05) is 63.2 Å². The lowest BCUT2D eigenvalue weighted by Gasteiger charge is -2.19. The van der Waals surface area contributed by atoms with Crippen molar-refractivity contribution in [3.63, 3.8) is 0 Å². The van der Waals surface area contributed by atoms with Gasteiger partial charge in [-0.05, 0) is 39.9 Å². The number of fused-ring (bicyclic) bond motifs is 5. The van der Waals surface area contributed by atoms with E-state index in [0.29, 0.717) is 0 Å². The fourth-order valence-corrected chi connectivity index (χ4v) is 5.31. The molecule has 0 aliphatic heterocycles. The second-order valence-corrected chi connectivity index (χ2v) is 9.08. The Morgan fingerprint density at radius 2 is 1.22 bits per heavy atom. The zero-order chi connectivity index (χ0) is 18.1. The summed E-state index contributed by atoms with van der Waals surface area (Å²) in [5, 5.41) is 11.1. The van der Waals surface area contributed by atoms with Gasteiger partial charge in [0.15, 0.2) is 0 Å². The fraction of sp³-hybridized carbons (Fsp3) is 0.154. The Kier molecular flexibility index (Phi) is 2.13. The van der Waals surface area contributed by atoms with Gasteiger partial charge in [0.05, 0.1) is 16.6 Å². The largest absolute Gasteiger partial charge is 0.307 e. The highest BCUT2D eigenvalue weighted by molar-refractivity contribution is 6.38. The third kappa shape index (κ3) is 1.43. The van der Waals surface area contributed by atoms with Crippen molar-refractivity contribution < 1.29 is 0 Å². The first-order chi connectivity index (χ1) is 13.0. The molecule has 3 aromatic heterocycles. The van der Waals surface area contributed by atoms with Crippen molar-refractivity contribution in [2.45, 2.75) is 26.2 Å². The minimum Gasteiger partial charge on any atom is -0.307 e. The molecule has 0 atom stereocenters. The molecule has 1 nitrogen and oxygen atoms in total. The lowest BCUT2D eigenvalue weighted by atomic mass is 9.85. The van der Waals surface area contributed by atoms with E-state index in [9.17, 15) is 0 Å². The van der Waals surface area contributed by atoms with Crippen LogP contribution in [0.1, 0.15) is 26.3 Å². The number of hydrogen-bond donors (Lipinski definition) is 0. The van der Waals surface area contributed by atoms with E-state index in [4.69, 9.17) is 0 Å². The predicted octanol–water partition coefficient (Wildman–Crippen LogP) is 7.32. The Balaban J connectivity index is 1.95. The summed E-state index contributed by atoms with van der Waals surface area (Å²) in [5.74, 6) is 0. The van der Waals surface area contributed by atoms with Crippen LogP contribution in [0.3, 0.4) is 0 Å². The highest BCUT2D eigenvalue weighted by Gasteiger charge is 2.27. The van der Waals surface area contributed by atoms with Crippen molar-refractivity contribution in [2.24, 2.45) is 0 Å². The molecule has 0 aliphatic carbocycles. The first-order valence-corrected chi connectivity index (χ1v) is 9.72. The smallest absolute Gasteiger partial charge is 0.0627 e. The first kappa shape index (κ1) is 14.1. The molecule has 0 bridgehead atoms. The quantitative estimate of drug-likeness (QED) is 0.271. The van der Waals surface area contributed by atoms with Gasteiger partial charge in [-0.15, -0.1) is 0 Å². The van der Waals surface area contributed by atoms with Gasteiger partial charge in [0, 0.05) is 32.3 Å². The Bertz CT molecular complexity index is 1640.